The molecular formula is C20H31N7O. The normalized spacial score (nSPS) is 15.0. The first-order valence-electron chi connectivity index (χ1n) is 10.3. The third kappa shape index (κ3) is 5.68. The molecule has 0 aliphatic heterocycles. The van der Waals surface area contributed by atoms with Gasteiger partial charge in [-0.3, -0.25) is 0 Å². The zero-order chi connectivity index (χ0) is 19.6. The number of pyridine rings is 1. The molecule has 0 spiro atoms. The summed E-state index contributed by atoms with van der Waals surface area (Å²) in [6, 6.07) is 3.97. The van der Waals surface area contributed by atoms with Gasteiger partial charge in [-0.2, -0.15) is 0 Å². The predicted molar refractivity (Wildman–Crippen MR) is 109 cm³/mol. The highest BCUT2D eigenvalue weighted by molar-refractivity contribution is 5.79. The second-order valence-corrected chi connectivity index (χ2v) is 6.91. The van der Waals surface area contributed by atoms with Gasteiger partial charge in [0.15, 0.2) is 5.96 Å². The molecule has 1 aliphatic rings. The minimum Gasteiger partial charge on any atom is -0.474 e. The lowest BCUT2D eigenvalue weighted by Crippen LogP contribution is -2.39. The average molecular weight is 386 g/mol. The van der Waals surface area contributed by atoms with Gasteiger partial charge in [-0.1, -0.05) is 13.0 Å². The van der Waals surface area contributed by atoms with E-state index >= 15 is 0 Å². The molecule has 0 bridgehead atoms. The van der Waals surface area contributed by atoms with Crippen LogP contribution in [0.3, 0.4) is 0 Å². The van der Waals surface area contributed by atoms with Crippen molar-refractivity contribution in [3.8, 4) is 5.88 Å². The Labute approximate surface area is 166 Å². The molecule has 2 N–H and O–H groups in total. The van der Waals surface area contributed by atoms with Crippen molar-refractivity contribution < 1.29 is 4.74 Å². The lowest BCUT2D eigenvalue weighted by molar-refractivity contribution is 0.199. The first kappa shape index (κ1) is 20.1. The predicted octanol–water partition coefficient (Wildman–Crippen LogP) is 2.31. The van der Waals surface area contributed by atoms with Crippen LogP contribution in [0.5, 0.6) is 5.88 Å². The third-order valence-corrected chi connectivity index (χ3v) is 4.84. The number of nitrogens with one attached hydrogen (secondary N) is 2. The van der Waals surface area contributed by atoms with Crippen molar-refractivity contribution >= 4 is 5.96 Å². The minimum absolute atomic E-state index is 0.292. The molecule has 2 aromatic heterocycles. The molecule has 2 heterocycles. The van der Waals surface area contributed by atoms with Crippen molar-refractivity contribution in [1.82, 2.24) is 30.4 Å². The molecule has 2 aromatic rings. The van der Waals surface area contributed by atoms with Gasteiger partial charge < -0.3 is 19.9 Å². The largest absolute Gasteiger partial charge is 0.474 e. The summed E-state index contributed by atoms with van der Waals surface area (Å²) in [6.45, 7) is 7.01. The fraction of sp³-hybridized carbons (Fsp3) is 0.600. The van der Waals surface area contributed by atoms with E-state index in [1.165, 1.54) is 12.8 Å². The maximum Gasteiger partial charge on any atom is 0.218 e. The number of rotatable bonds is 9. The van der Waals surface area contributed by atoms with Gasteiger partial charge in [0, 0.05) is 37.8 Å². The molecule has 0 unspecified atom stereocenters. The Morgan fingerprint density at radius 1 is 1.29 bits per heavy atom. The fourth-order valence-corrected chi connectivity index (χ4v) is 3.35. The SMILES string of the molecule is CCNC(=NCc1cccnc1OC1CCCC1)NCCn1cnnc1CC. The van der Waals surface area contributed by atoms with Gasteiger partial charge in [-0.05, 0) is 38.7 Å². The smallest absolute Gasteiger partial charge is 0.218 e. The van der Waals surface area contributed by atoms with Crippen LogP contribution in [0.1, 0.15) is 50.9 Å². The molecule has 1 aliphatic carbocycles. The van der Waals surface area contributed by atoms with E-state index in [1.54, 1.807) is 12.5 Å². The summed E-state index contributed by atoms with van der Waals surface area (Å²) in [5.74, 6) is 2.49. The molecule has 3 rings (SSSR count). The van der Waals surface area contributed by atoms with E-state index in [4.69, 9.17) is 9.73 Å². The molecule has 8 heteroatoms. The summed E-state index contributed by atoms with van der Waals surface area (Å²) in [6.07, 6.45) is 9.44. The Hall–Kier alpha value is -2.64. The lowest BCUT2D eigenvalue weighted by Gasteiger charge is -2.15. The first-order chi connectivity index (χ1) is 13.8. The van der Waals surface area contributed by atoms with Crippen molar-refractivity contribution in [3.63, 3.8) is 0 Å². The molecule has 8 nitrogen and oxygen atoms in total. The van der Waals surface area contributed by atoms with Crippen molar-refractivity contribution in [2.75, 3.05) is 13.1 Å². The zero-order valence-electron chi connectivity index (χ0n) is 16.9. The first-order valence-corrected chi connectivity index (χ1v) is 10.3. The van der Waals surface area contributed by atoms with E-state index in [0.29, 0.717) is 18.5 Å². The van der Waals surface area contributed by atoms with Crippen molar-refractivity contribution in [2.45, 2.75) is 65.1 Å². The Balaban J connectivity index is 1.58. The summed E-state index contributed by atoms with van der Waals surface area (Å²) in [5.41, 5.74) is 1.01. The number of nitrogens with zero attached hydrogens (tertiary/aromatic N) is 5. The van der Waals surface area contributed by atoms with E-state index in [1.807, 2.05) is 12.1 Å². The summed E-state index contributed by atoms with van der Waals surface area (Å²) in [7, 11) is 0. The number of ether oxygens (including phenoxy) is 1. The van der Waals surface area contributed by atoms with Crippen LogP contribution in [0.2, 0.25) is 0 Å². The van der Waals surface area contributed by atoms with Crippen LogP contribution >= 0.6 is 0 Å². The van der Waals surface area contributed by atoms with Crippen LogP contribution in [-0.4, -0.2) is 44.9 Å². The Morgan fingerprint density at radius 3 is 2.93 bits per heavy atom. The molecule has 0 amide bonds. The molecule has 1 saturated carbocycles. The summed E-state index contributed by atoms with van der Waals surface area (Å²) < 4.78 is 8.18. The lowest BCUT2D eigenvalue weighted by atomic mass is 10.2. The molecule has 1 fully saturated rings. The molecule has 28 heavy (non-hydrogen) atoms. The monoisotopic (exact) mass is 385 g/mol. The van der Waals surface area contributed by atoms with Crippen LogP contribution in [0, 0.1) is 0 Å². The summed E-state index contributed by atoms with van der Waals surface area (Å²) in [5, 5.41) is 14.8. The van der Waals surface area contributed by atoms with Gasteiger partial charge in [0.1, 0.15) is 18.3 Å². The van der Waals surface area contributed by atoms with Crippen LogP contribution in [0.15, 0.2) is 29.6 Å². The Morgan fingerprint density at radius 2 is 2.14 bits per heavy atom. The van der Waals surface area contributed by atoms with Crippen molar-refractivity contribution in [1.29, 1.82) is 0 Å². The minimum atomic E-state index is 0.292. The molecule has 0 atom stereocenters. The van der Waals surface area contributed by atoms with E-state index in [-0.39, 0.29) is 0 Å². The summed E-state index contributed by atoms with van der Waals surface area (Å²) in [4.78, 5) is 9.15. The zero-order valence-corrected chi connectivity index (χ0v) is 16.9. The highest BCUT2D eigenvalue weighted by Crippen LogP contribution is 2.25. The second kappa shape index (κ2) is 10.6. The number of aryl methyl sites for hydroxylation is 1. The molecule has 152 valence electrons. The van der Waals surface area contributed by atoms with Crippen LogP contribution in [0.4, 0.5) is 0 Å². The van der Waals surface area contributed by atoms with Crippen LogP contribution in [0.25, 0.3) is 0 Å². The number of aliphatic imine (C=N–C) groups is 1. The maximum atomic E-state index is 6.12. The topological polar surface area (TPSA) is 89.3 Å². The molecule has 0 radical (unpaired) electrons. The average Bonchev–Trinajstić information content (AvgIpc) is 3.39. The summed E-state index contributed by atoms with van der Waals surface area (Å²) >= 11 is 0. The Kier molecular flexibility index (Phi) is 7.63. The van der Waals surface area contributed by atoms with Gasteiger partial charge in [-0.15, -0.1) is 10.2 Å². The van der Waals surface area contributed by atoms with E-state index in [0.717, 1.165) is 56.2 Å². The molecule has 0 aromatic carbocycles. The number of guanidine groups is 1. The van der Waals surface area contributed by atoms with Gasteiger partial charge >= 0.3 is 0 Å². The van der Waals surface area contributed by atoms with Gasteiger partial charge in [0.25, 0.3) is 0 Å². The quantitative estimate of drug-likeness (QED) is 0.509. The second-order valence-electron chi connectivity index (χ2n) is 6.91. The van der Waals surface area contributed by atoms with Crippen molar-refractivity contribution in [2.24, 2.45) is 4.99 Å². The third-order valence-electron chi connectivity index (χ3n) is 4.84. The van der Waals surface area contributed by atoms with Gasteiger partial charge in [0.2, 0.25) is 5.88 Å². The highest BCUT2D eigenvalue weighted by Gasteiger charge is 2.18. The van der Waals surface area contributed by atoms with Gasteiger partial charge in [0.05, 0.1) is 6.54 Å². The number of hydrogen-bond acceptors (Lipinski definition) is 5. The number of hydrogen-bond donors (Lipinski definition) is 2. The standard InChI is InChI=1S/C20H31N7O/c1-3-18-26-25-15-27(18)13-12-23-20(21-4-2)24-14-16-8-7-11-22-19(16)28-17-9-5-6-10-17/h7-8,11,15,17H,3-6,9-10,12-14H2,1-2H3,(H2,21,23,24). The Bertz CT molecular complexity index is 753. The van der Waals surface area contributed by atoms with E-state index in [9.17, 15) is 0 Å². The van der Waals surface area contributed by atoms with E-state index < -0.39 is 0 Å². The van der Waals surface area contributed by atoms with Gasteiger partial charge in [-0.25, -0.2) is 9.98 Å². The molecular weight excluding hydrogens is 354 g/mol. The number of aromatic nitrogens is 4. The maximum absolute atomic E-state index is 6.12. The van der Waals surface area contributed by atoms with Crippen molar-refractivity contribution in [3.05, 3.63) is 36.0 Å². The fourth-order valence-electron chi connectivity index (χ4n) is 3.35. The van der Waals surface area contributed by atoms with E-state index in [2.05, 4.69) is 44.2 Å². The van der Waals surface area contributed by atoms with Crippen LogP contribution in [-0.2, 0) is 19.5 Å². The molecule has 0 saturated heterocycles. The highest BCUT2D eigenvalue weighted by atomic mass is 16.5. The van der Waals surface area contributed by atoms with Crippen LogP contribution < -0.4 is 15.4 Å².